The van der Waals surface area contributed by atoms with Crippen LogP contribution in [0.25, 0.3) is 0 Å². The number of para-hydroxylation sites is 1. The second-order valence-electron chi connectivity index (χ2n) is 7.64. The number of anilines is 2. The van der Waals surface area contributed by atoms with Gasteiger partial charge in [0.2, 0.25) is 0 Å². The summed E-state index contributed by atoms with van der Waals surface area (Å²) in [6.07, 6.45) is 0.270. The number of amides is 1. The fourth-order valence-electron chi connectivity index (χ4n) is 3.19. The molecule has 0 bridgehead atoms. The molecular weight excluding hydrogens is 344 g/mol. The molecule has 6 heteroatoms. The minimum atomic E-state index is -0.954. The van der Waals surface area contributed by atoms with Crippen molar-refractivity contribution < 1.29 is 19.4 Å². The third-order valence-electron chi connectivity index (χ3n) is 4.30. The minimum Gasteiger partial charge on any atom is -0.478 e. The first-order chi connectivity index (χ1) is 12.7. The van der Waals surface area contributed by atoms with Crippen molar-refractivity contribution in [3.63, 3.8) is 0 Å². The van der Waals surface area contributed by atoms with Crippen LogP contribution in [-0.4, -0.2) is 35.4 Å². The van der Waals surface area contributed by atoms with Crippen molar-refractivity contribution in [1.82, 2.24) is 5.32 Å². The maximum Gasteiger partial charge on any atom is 0.407 e. The summed E-state index contributed by atoms with van der Waals surface area (Å²) in [5.74, 6) is -0.954. The summed E-state index contributed by atoms with van der Waals surface area (Å²) in [4.78, 5) is 25.4. The predicted molar refractivity (Wildman–Crippen MR) is 104 cm³/mol. The van der Waals surface area contributed by atoms with Crippen LogP contribution in [0.3, 0.4) is 0 Å². The number of nitrogens with one attached hydrogen (secondary N) is 1. The molecule has 1 atom stereocenters. The van der Waals surface area contributed by atoms with Crippen LogP contribution in [0.2, 0.25) is 0 Å². The number of carboxylic acids is 1. The Bertz CT molecular complexity index is 840. The third kappa shape index (κ3) is 4.58. The lowest BCUT2D eigenvalue weighted by molar-refractivity contribution is 0.0504. The molecule has 2 aromatic rings. The van der Waals surface area contributed by atoms with E-state index in [4.69, 9.17) is 9.84 Å². The number of benzene rings is 2. The maximum absolute atomic E-state index is 12.2. The molecule has 0 fully saturated rings. The molecule has 142 valence electrons. The Kier molecular flexibility index (Phi) is 5.08. The quantitative estimate of drug-likeness (QED) is 0.857. The summed E-state index contributed by atoms with van der Waals surface area (Å²) in [6, 6.07) is 14.7. The van der Waals surface area contributed by atoms with Gasteiger partial charge >= 0.3 is 12.1 Å². The second-order valence-corrected chi connectivity index (χ2v) is 7.64. The molecule has 0 saturated heterocycles. The number of carbonyl (C=O) groups excluding carboxylic acids is 1. The second kappa shape index (κ2) is 7.31. The lowest BCUT2D eigenvalue weighted by Crippen LogP contribution is -2.48. The van der Waals surface area contributed by atoms with E-state index in [1.54, 1.807) is 24.3 Å². The van der Waals surface area contributed by atoms with E-state index in [-0.39, 0.29) is 11.6 Å². The number of alkyl carbamates (subject to hydrolysis) is 1. The molecule has 1 heterocycles. The predicted octanol–water partition coefficient (Wildman–Crippen LogP) is 3.97. The Morgan fingerprint density at radius 2 is 1.78 bits per heavy atom. The lowest BCUT2D eigenvalue weighted by Gasteiger charge is -2.36. The van der Waals surface area contributed by atoms with Crippen LogP contribution in [0.15, 0.2) is 48.5 Å². The van der Waals surface area contributed by atoms with E-state index in [1.807, 2.05) is 45.0 Å². The van der Waals surface area contributed by atoms with Crippen LogP contribution in [0.5, 0.6) is 0 Å². The highest BCUT2D eigenvalue weighted by molar-refractivity contribution is 5.88. The van der Waals surface area contributed by atoms with Crippen molar-refractivity contribution in [1.29, 1.82) is 0 Å². The van der Waals surface area contributed by atoms with Gasteiger partial charge in [-0.1, -0.05) is 18.2 Å². The third-order valence-corrected chi connectivity index (χ3v) is 4.30. The van der Waals surface area contributed by atoms with Crippen molar-refractivity contribution in [3.05, 3.63) is 59.7 Å². The maximum atomic E-state index is 12.2. The first kappa shape index (κ1) is 18.8. The summed E-state index contributed by atoms with van der Waals surface area (Å²) in [5.41, 5.74) is 2.74. The smallest absolute Gasteiger partial charge is 0.407 e. The Balaban J connectivity index is 1.84. The van der Waals surface area contributed by atoms with Gasteiger partial charge in [0.25, 0.3) is 0 Å². The van der Waals surface area contributed by atoms with Crippen molar-refractivity contribution in [2.75, 3.05) is 11.4 Å². The molecule has 2 N–H and O–H groups in total. The topological polar surface area (TPSA) is 78.9 Å². The number of carbonyl (C=O) groups is 2. The molecule has 1 amide bonds. The van der Waals surface area contributed by atoms with E-state index in [9.17, 15) is 9.59 Å². The van der Waals surface area contributed by atoms with Crippen LogP contribution < -0.4 is 10.2 Å². The number of hydrogen-bond acceptors (Lipinski definition) is 4. The summed E-state index contributed by atoms with van der Waals surface area (Å²) in [7, 11) is 0. The van der Waals surface area contributed by atoms with E-state index in [0.717, 1.165) is 16.9 Å². The van der Waals surface area contributed by atoms with Gasteiger partial charge in [-0.05, 0) is 63.1 Å². The van der Waals surface area contributed by atoms with Gasteiger partial charge in [-0.25, -0.2) is 9.59 Å². The molecule has 1 aliphatic heterocycles. The van der Waals surface area contributed by atoms with Gasteiger partial charge in [0, 0.05) is 17.9 Å². The highest BCUT2D eigenvalue weighted by Gasteiger charge is 2.28. The van der Waals surface area contributed by atoms with E-state index >= 15 is 0 Å². The van der Waals surface area contributed by atoms with E-state index < -0.39 is 17.7 Å². The Morgan fingerprint density at radius 3 is 2.41 bits per heavy atom. The SMILES string of the molecule is CC(C)(C)OC(=O)NC1Cc2ccccc2N(c2ccc(C(=O)O)cc2)C1. The van der Waals surface area contributed by atoms with Crippen LogP contribution in [0, 0.1) is 0 Å². The zero-order chi connectivity index (χ0) is 19.6. The van der Waals surface area contributed by atoms with Crippen LogP contribution in [0.4, 0.5) is 16.2 Å². The van der Waals surface area contributed by atoms with Crippen LogP contribution in [-0.2, 0) is 11.2 Å². The molecule has 0 aliphatic carbocycles. The van der Waals surface area contributed by atoms with Crippen molar-refractivity contribution in [2.45, 2.75) is 38.8 Å². The van der Waals surface area contributed by atoms with Crippen molar-refractivity contribution >= 4 is 23.4 Å². The van der Waals surface area contributed by atoms with Gasteiger partial charge in [-0.15, -0.1) is 0 Å². The first-order valence-corrected chi connectivity index (χ1v) is 8.91. The molecule has 0 radical (unpaired) electrons. The van der Waals surface area contributed by atoms with Crippen molar-refractivity contribution in [3.8, 4) is 0 Å². The summed E-state index contributed by atoms with van der Waals surface area (Å²) < 4.78 is 5.38. The van der Waals surface area contributed by atoms with Crippen LogP contribution in [0.1, 0.15) is 36.7 Å². The minimum absolute atomic E-state index is 0.117. The average Bonchev–Trinajstić information content (AvgIpc) is 2.59. The number of carboxylic acid groups (broad SMARTS) is 1. The summed E-state index contributed by atoms with van der Waals surface area (Å²) in [6.45, 7) is 6.07. The van der Waals surface area contributed by atoms with Crippen molar-refractivity contribution in [2.24, 2.45) is 0 Å². The van der Waals surface area contributed by atoms with Crippen LogP contribution >= 0.6 is 0 Å². The van der Waals surface area contributed by atoms with E-state index in [1.165, 1.54) is 0 Å². The standard InChI is InChI=1S/C21H24N2O4/c1-21(2,3)27-20(26)22-16-12-15-6-4-5-7-18(15)23(13-16)17-10-8-14(9-11-17)19(24)25/h4-11,16H,12-13H2,1-3H3,(H,22,26)(H,24,25). The van der Waals surface area contributed by atoms with Gasteiger partial charge in [0.05, 0.1) is 11.6 Å². The fourth-order valence-corrected chi connectivity index (χ4v) is 3.19. The number of fused-ring (bicyclic) bond motifs is 1. The first-order valence-electron chi connectivity index (χ1n) is 8.91. The number of ether oxygens (including phenoxy) is 1. The molecule has 6 nitrogen and oxygen atoms in total. The largest absolute Gasteiger partial charge is 0.478 e. The normalized spacial score (nSPS) is 16.4. The van der Waals surface area contributed by atoms with Gasteiger partial charge in [-0.3, -0.25) is 0 Å². The molecule has 1 aliphatic rings. The summed E-state index contributed by atoms with van der Waals surface area (Å²) in [5, 5.41) is 12.1. The average molecular weight is 368 g/mol. The summed E-state index contributed by atoms with van der Waals surface area (Å²) >= 11 is 0. The highest BCUT2D eigenvalue weighted by Crippen LogP contribution is 2.33. The fraction of sp³-hybridized carbons (Fsp3) is 0.333. The number of nitrogens with zero attached hydrogens (tertiary/aromatic N) is 1. The Labute approximate surface area is 158 Å². The Hall–Kier alpha value is -3.02. The van der Waals surface area contributed by atoms with Gasteiger partial charge < -0.3 is 20.1 Å². The molecule has 27 heavy (non-hydrogen) atoms. The van der Waals surface area contributed by atoms with Gasteiger partial charge in [-0.2, -0.15) is 0 Å². The highest BCUT2D eigenvalue weighted by atomic mass is 16.6. The molecular formula is C21H24N2O4. The molecule has 0 aromatic heterocycles. The molecule has 1 unspecified atom stereocenters. The molecule has 3 rings (SSSR count). The van der Waals surface area contributed by atoms with Gasteiger partial charge in [0.1, 0.15) is 5.60 Å². The zero-order valence-electron chi connectivity index (χ0n) is 15.7. The molecule has 0 spiro atoms. The lowest BCUT2D eigenvalue weighted by atomic mass is 9.97. The zero-order valence-corrected chi connectivity index (χ0v) is 15.7. The monoisotopic (exact) mass is 368 g/mol. The van der Waals surface area contributed by atoms with E-state index in [2.05, 4.69) is 10.2 Å². The number of hydrogen-bond donors (Lipinski definition) is 2. The molecule has 2 aromatic carbocycles. The molecule has 0 saturated carbocycles. The number of aromatic carboxylic acids is 1. The van der Waals surface area contributed by atoms with E-state index in [0.29, 0.717) is 13.0 Å². The number of rotatable bonds is 3. The van der Waals surface area contributed by atoms with Gasteiger partial charge in [0.15, 0.2) is 0 Å². The Morgan fingerprint density at radius 1 is 1.11 bits per heavy atom.